The lowest BCUT2D eigenvalue weighted by Crippen LogP contribution is -2.21. The number of rotatable bonds is 1. The molecule has 7 heteroatoms. The Balaban J connectivity index is 2.77. The molecule has 3 N–H and O–H groups in total. The first-order valence-electron chi connectivity index (χ1n) is 4.81. The fourth-order valence-corrected chi connectivity index (χ4v) is 1.46. The summed E-state index contributed by atoms with van der Waals surface area (Å²) in [4.78, 5) is 11.4. The molecular weight excluding hydrogens is 211 g/mol. The summed E-state index contributed by atoms with van der Waals surface area (Å²) in [5.74, 6) is 5.43. The Morgan fingerprint density at radius 2 is 2.06 bits per heavy atom. The van der Waals surface area contributed by atoms with Gasteiger partial charge in [0, 0.05) is 5.54 Å². The molecule has 0 aromatic carbocycles. The number of nitrogens with two attached hydrogens (primary N) is 1. The second-order valence-electron chi connectivity index (χ2n) is 4.44. The fraction of sp³-hybridized carbons (Fsp3) is 0.444. The molecule has 0 amide bonds. The van der Waals surface area contributed by atoms with E-state index in [0.717, 1.165) is 0 Å². The van der Waals surface area contributed by atoms with Crippen molar-refractivity contribution in [1.29, 1.82) is 0 Å². The lowest BCUT2D eigenvalue weighted by molar-refractivity contribution is 0.404. The van der Waals surface area contributed by atoms with Crippen LogP contribution in [0.1, 0.15) is 20.8 Å². The van der Waals surface area contributed by atoms with Gasteiger partial charge in [0.25, 0.3) is 0 Å². The minimum absolute atomic E-state index is 0.186. The van der Waals surface area contributed by atoms with E-state index in [2.05, 4.69) is 20.4 Å². The lowest BCUT2D eigenvalue weighted by Gasteiger charge is -2.20. The number of imidazole rings is 1. The molecule has 0 saturated carbocycles. The van der Waals surface area contributed by atoms with Gasteiger partial charge >= 0.3 is 6.08 Å². The van der Waals surface area contributed by atoms with Crippen molar-refractivity contribution in [1.82, 2.24) is 19.5 Å². The highest BCUT2D eigenvalue weighted by molar-refractivity contribution is 5.82. The number of nitrogen functional groups attached to an aromatic ring is 1. The van der Waals surface area contributed by atoms with E-state index in [1.807, 2.05) is 20.8 Å². The molecule has 0 bridgehead atoms. The quantitative estimate of drug-likeness (QED) is 0.429. The van der Waals surface area contributed by atoms with Crippen molar-refractivity contribution >= 4 is 17.0 Å². The minimum atomic E-state index is -0.827. The highest BCUT2D eigenvalue weighted by Crippen LogP contribution is 2.23. The average Bonchev–Trinajstić information content (AvgIpc) is 2.58. The Bertz CT molecular complexity index is 527. The third-order valence-electron chi connectivity index (χ3n) is 2.23. The summed E-state index contributed by atoms with van der Waals surface area (Å²) in [6.45, 7) is 5.93. The van der Waals surface area contributed by atoms with Crippen molar-refractivity contribution in [3.8, 4) is 0 Å². The number of hydrogen-bond donors (Lipinski definition) is 2. The van der Waals surface area contributed by atoms with Gasteiger partial charge < -0.3 is 9.99 Å². The number of hydrogen-bond acceptors (Lipinski definition) is 5. The van der Waals surface area contributed by atoms with Crippen molar-refractivity contribution < 1.29 is 4.39 Å². The van der Waals surface area contributed by atoms with E-state index in [9.17, 15) is 4.39 Å². The molecular formula is C9H13FN6. The van der Waals surface area contributed by atoms with Crippen LogP contribution in [0.3, 0.4) is 0 Å². The van der Waals surface area contributed by atoms with Crippen LogP contribution in [-0.4, -0.2) is 19.5 Å². The number of halogens is 1. The second-order valence-corrected chi connectivity index (χ2v) is 4.44. The van der Waals surface area contributed by atoms with Gasteiger partial charge in [-0.25, -0.2) is 10.8 Å². The van der Waals surface area contributed by atoms with Crippen LogP contribution in [0, 0.1) is 6.08 Å². The zero-order valence-electron chi connectivity index (χ0n) is 9.32. The first kappa shape index (κ1) is 10.7. The zero-order chi connectivity index (χ0) is 11.9. The van der Waals surface area contributed by atoms with Crippen LogP contribution >= 0.6 is 0 Å². The molecule has 2 heterocycles. The predicted molar refractivity (Wildman–Crippen MR) is 58.1 cm³/mol. The molecule has 2 aromatic heterocycles. The molecule has 2 aromatic rings. The Labute approximate surface area is 91.7 Å². The highest BCUT2D eigenvalue weighted by Gasteiger charge is 2.20. The summed E-state index contributed by atoms with van der Waals surface area (Å²) in [5, 5.41) is 0. The van der Waals surface area contributed by atoms with Gasteiger partial charge in [0.1, 0.15) is 0 Å². The fourth-order valence-electron chi connectivity index (χ4n) is 1.46. The topological polar surface area (TPSA) is 81.7 Å². The summed E-state index contributed by atoms with van der Waals surface area (Å²) in [7, 11) is 0. The molecule has 0 spiro atoms. The second kappa shape index (κ2) is 3.38. The van der Waals surface area contributed by atoms with Gasteiger partial charge in [-0.2, -0.15) is 14.4 Å². The van der Waals surface area contributed by atoms with Gasteiger partial charge in [-0.15, -0.1) is 0 Å². The third kappa shape index (κ3) is 1.58. The smallest absolute Gasteiger partial charge is 0.310 e. The van der Waals surface area contributed by atoms with Crippen LogP contribution in [0.25, 0.3) is 11.2 Å². The van der Waals surface area contributed by atoms with E-state index in [4.69, 9.17) is 5.84 Å². The number of anilines is 1. The molecule has 2 rings (SSSR count). The van der Waals surface area contributed by atoms with Crippen molar-refractivity contribution in [3.05, 3.63) is 12.4 Å². The predicted octanol–water partition coefficient (Wildman–Crippen LogP) is 1.01. The normalized spacial score (nSPS) is 12.1. The molecule has 16 heavy (non-hydrogen) atoms. The van der Waals surface area contributed by atoms with Crippen molar-refractivity contribution in [2.75, 3.05) is 5.43 Å². The van der Waals surface area contributed by atoms with Gasteiger partial charge in [0.05, 0.1) is 6.33 Å². The van der Waals surface area contributed by atoms with Gasteiger partial charge in [-0.05, 0) is 20.8 Å². The summed E-state index contributed by atoms with van der Waals surface area (Å²) >= 11 is 0. The highest BCUT2D eigenvalue weighted by atomic mass is 19.1. The number of nitrogens with zero attached hydrogens (tertiary/aromatic N) is 4. The zero-order valence-corrected chi connectivity index (χ0v) is 9.32. The molecule has 0 atom stereocenters. The van der Waals surface area contributed by atoms with Crippen LogP contribution in [-0.2, 0) is 5.54 Å². The Kier molecular flexibility index (Phi) is 2.27. The summed E-state index contributed by atoms with van der Waals surface area (Å²) in [5.41, 5.74) is 2.96. The van der Waals surface area contributed by atoms with Crippen molar-refractivity contribution in [3.63, 3.8) is 0 Å². The van der Waals surface area contributed by atoms with Gasteiger partial charge in [-0.3, -0.25) is 0 Å². The monoisotopic (exact) mass is 224 g/mol. The SMILES string of the molecule is CC(C)(C)n1cnc2c(NN)nc(F)nc21. The molecule has 6 nitrogen and oxygen atoms in total. The molecule has 0 aliphatic rings. The maximum atomic E-state index is 13.2. The molecule has 0 aliphatic carbocycles. The minimum Gasteiger partial charge on any atom is -0.310 e. The standard InChI is InChI=1S/C9H13FN6/c1-9(2,3)16-4-12-5-6(15-11)13-8(10)14-7(5)16/h4H,11H2,1-3H3,(H,13,14,15). The van der Waals surface area contributed by atoms with Gasteiger partial charge in [-0.1, -0.05) is 0 Å². The number of nitrogens with one attached hydrogen (secondary N) is 1. The lowest BCUT2D eigenvalue weighted by atomic mass is 10.1. The average molecular weight is 224 g/mol. The maximum Gasteiger partial charge on any atom is 0.312 e. The van der Waals surface area contributed by atoms with Crippen LogP contribution in [0.15, 0.2) is 6.33 Å². The van der Waals surface area contributed by atoms with Crippen LogP contribution < -0.4 is 11.3 Å². The van der Waals surface area contributed by atoms with Gasteiger partial charge in [0.15, 0.2) is 17.0 Å². The third-order valence-corrected chi connectivity index (χ3v) is 2.23. The van der Waals surface area contributed by atoms with Crippen molar-refractivity contribution in [2.45, 2.75) is 26.3 Å². The molecule has 0 unspecified atom stereocenters. The number of fused-ring (bicyclic) bond motifs is 1. The molecule has 86 valence electrons. The summed E-state index contributed by atoms with van der Waals surface area (Å²) < 4.78 is 14.9. The Hall–Kier alpha value is -1.76. The Morgan fingerprint density at radius 1 is 1.38 bits per heavy atom. The van der Waals surface area contributed by atoms with Crippen LogP contribution in [0.5, 0.6) is 0 Å². The molecule has 0 aliphatic heterocycles. The first-order valence-corrected chi connectivity index (χ1v) is 4.81. The largest absolute Gasteiger partial charge is 0.312 e. The number of aromatic nitrogens is 4. The first-order chi connectivity index (χ1) is 7.43. The van der Waals surface area contributed by atoms with Crippen LogP contribution in [0.2, 0.25) is 0 Å². The van der Waals surface area contributed by atoms with Crippen LogP contribution in [0.4, 0.5) is 10.2 Å². The van der Waals surface area contributed by atoms with E-state index in [-0.39, 0.29) is 11.4 Å². The summed E-state index contributed by atoms with van der Waals surface area (Å²) in [6, 6.07) is 0. The van der Waals surface area contributed by atoms with E-state index in [1.54, 1.807) is 10.9 Å². The molecule has 0 radical (unpaired) electrons. The van der Waals surface area contributed by atoms with E-state index >= 15 is 0 Å². The Morgan fingerprint density at radius 3 is 2.62 bits per heavy atom. The summed E-state index contributed by atoms with van der Waals surface area (Å²) in [6.07, 6.45) is 0.769. The molecule has 0 saturated heterocycles. The maximum absolute atomic E-state index is 13.2. The van der Waals surface area contributed by atoms with E-state index in [1.165, 1.54) is 0 Å². The molecule has 0 fully saturated rings. The van der Waals surface area contributed by atoms with E-state index < -0.39 is 6.08 Å². The van der Waals surface area contributed by atoms with Gasteiger partial charge in [0.2, 0.25) is 0 Å². The number of hydrazine groups is 1. The van der Waals surface area contributed by atoms with Crippen molar-refractivity contribution in [2.24, 2.45) is 5.84 Å². The van der Waals surface area contributed by atoms with E-state index in [0.29, 0.717) is 11.2 Å².